The van der Waals surface area contributed by atoms with Gasteiger partial charge in [0.1, 0.15) is 5.82 Å². The van der Waals surface area contributed by atoms with E-state index in [0.717, 1.165) is 25.1 Å². The Morgan fingerprint density at radius 2 is 2.12 bits per heavy atom. The smallest absolute Gasteiger partial charge is 0.126 e. The number of nitrogens with zero attached hydrogens (tertiary/aromatic N) is 1. The third-order valence-electron chi connectivity index (χ3n) is 3.94. The van der Waals surface area contributed by atoms with Crippen molar-refractivity contribution in [3.05, 3.63) is 35.1 Å². The van der Waals surface area contributed by atoms with Gasteiger partial charge in [-0.1, -0.05) is 12.1 Å². The summed E-state index contributed by atoms with van der Waals surface area (Å²) in [7, 11) is 0. The number of fused-ring (bicyclic) bond motifs is 1. The Bertz CT molecular complexity index is 399. The summed E-state index contributed by atoms with van der Waals surface area (Å²) in [6.07, 6.45) is 3.43. The molecule has 2 heterocycles. The number of hydrogen-bond donors (Lipinski definition) is 1. The van der Waals surface area contributed by atoms with Gasteiger partial charge in [-0.3, -0.25) is 0 Å². The van der Waals surface area contributed by atoms with Crippen molar-refractivity contribution in [1.29, 1.82) is 0 Å². The van der Waals surface area contributed by atoms with Crippen molar-refractivity contribution in [3.8, 4) is 0 Å². The van der Waals surface area contributed by atoms with E-state index >= 15 is 0 Å². The van der Waals surface area contributed by atoms with Crippen molar-refractivity contribution in [3.63, 3.8) is 0 Å². The number of halogens is 1. The molecule has 3 heteroatoms. The van der Waals surface area contributed by atoms with Crippen molar-refractivity contribution in [2.75, 3.05) is 26.2 Å². The molecular weight excluding hydrogens is 215 g/mol. The molecule has 17 heavy (non-hydrogen) atoms. The van der Waals surface area contributed by atoms with Crippen molar-refractivity contribution in [1.82, 2.24) is 10.2 Å². The zero-order valence-corrected chi connectivity index (χ0v) is 10.1. The first kappa shape index (κ1) is 11.2. The molecule has 1 atom stereocenters. The molecule has 1 aromatic rings. The maximum atomic E-state index is 13.7. The van der Waals surface area contributed by atoms with Gasteiger partial charge in [0, 0.05) is 12.6 Å². The van der Waals surface area contributed by atoms with E-state index in [9.17, 15) is 4.39 Å². The molecule has 0 unspecified atom stereocenters. The fourth-order valence-corrected chi connectivity index (χ4v) is 3.03. The minimum atomic E-state index is -0.0320. The molecular formula is C14H19FN2. The predicted molar refractivity (Wildman–Crippen MR) is 66.5 cm³/mol. The van der Waals surface area contributed by atoms with Crippen molar-refractivity contribution >= 4 is 0 Å². The van der Waals surface area contributed by atoms with Gasteiger partial charge in [-0.15, -0.1) is 0 Å². The highest BCUT2D eigenvalue weighted by Crippen LogP contribution is 2.26. The molecule has 92 valence electrons. The lowest BCUT2D eigenvalue weighted by atomic mass is 9.93. The molecule has 1 fully saturated rings. The van der Waals surface area contributed by atoms with Gasteiger partial charge >= 0.3 is 0 Å². The van der Waals surface area contributed by atoms with Crippen LogP contribution in [-0.2, 0) is 6.42 Å². The SMILES string of the molecule is Fc1cccc2c1CCN[C@@H]2CN1CCCC1. The highest BCUT2D eigenvalue weighted by atomic mass is 19.1. The molecule has 1 aromatic carbocycles. The summed E-state index contributed by atoms with van der Waals surface area (Å²) in [5, 5.41) is 3.52. The third kappa shape index (κ3) is 2.22. The molecule has 2 aliphatic rings. The van der Waals surface area contributed by atoms with Gasteiger partial charge in [-0.2, -0.15) is 0 Å². The monoisotopic (exact) mass is 234 g/mol. The van der Waals surface area contributed by atoms with E-state index in [1.165, 1.54) is 31.5 Å². The molecule has 1 saturated heterocycles. The Labute approximate surface area is 102 Å². The zero-order chi connectivity index (χ0) is 11.7. The van der Waals surface area contributed by atoms with Gasteiger partial charge in [0.05, 0.1) is 0 Å². The Hall–Kier alpha value is -0.930. The summed E-state index contributed by atoms with van der Waals surface area (Å²) in [5.41, 5.74) is 2.10. The second-order valence-corrected chi connectivity index (χ2v) is 5.07. The largest absolute Gasteiger partial charge is 0.309 e. The predicted octanol–water partition coefficient (Wildman–Crippen LogP) is 2.11. The normalized spacial score (nSPS) is 24.9. The van der Waals surface area contributed by atoms with Crippen LogP contribution in [0.2, 0.25) is 0 Å². The highest BCUT2D eigenvalue weighted by molar-refractivity contribution is 5.34. The Morgan fingerprint density at radius 3 is 2.94 bits per heavy atom. The van der Waals surface area contributed by atoms with Crippen LogP contribution in [0.4, 0.5) is 4.39 Å². The fourth-order valence-electron chi connectivity index (χ4n) is 3.03. The lowest BCUT2D eigenvalue weighted by Crippen LogP contribution is -2.38. The first-order valence-corrected chi connectivity index (χ1v) is 6.57. The average molecular weight is 234 g/mol. The van der Waals surface area contributed by atoms with Crippen molar-refractivity contribution < 1.29 is 4.39 Å². The van der Waals surface area contributed by atoms with E-state index in [1.54, 1.807) is 6.07 Å². The Kier molecular flexibility index (Phi) is 3.12. The van der Waals surface area contributed by atoms with Crippen LogP contribution in [0.15, 0.2) is 18.2 Å². The summed E-state index contributed by atoms with van der Waals surface area (Å²) < 4.78 is 13.7. The lowest BCUT2D eigenvalue weighted by Gasteiger charge is -2.30. The first-order valence-electron chi connectivity index (χ1n) is 6.57. The summed E-state index contributed by atoms with van der Waals surface area (Å²) in [6, 6.07) is 5.80. The number of hydrogen-bond acceptors (Lipinski definition) is 2. The highest BCUT2D eigenvalue weighted by Gasteiger charge is 2.24. The average Bonchev–Trinajstić information content (AvgIpc) is 2.83. The molecule has 0 bridgehead atoms. The standard InChI is InChI=1S/C14H19FN2/c15-13-5-3-4-12-11(13)6-7-16-14(12)10-17-8-1-2-9-17/h3-5,14,16H,1-2,6-10H2/t14-/m1/s1. The van der Waals surface area contributed by atoms with Crippen LogP contribution < -0.4 is 5.32 Å². The minimum absolute atomic E-state index is 0.0320. The number of rotatable bonds is 2. The van der Waals surface area contributed by atoms with E-state index in [-0.39, 0.29) is 5.82 Å². The molecule has 3 rings (SSSR count). The van der Waals surface area contributed by atoms with Gasteiger partial charge in [0.2, 0.25) is 0 Å². The summed E-state index contributed by atoms with van der Waals surface area (Å²) >= 11 is 0. The maximum absolute atomic E-state index is 13.7. The van der Waals surface area contributed by atoms with Gasteiger partial charge in [0.15, 0.2) is 0 Å². The number of benzene rings is 1. The van der Waals surface area contributed by atoms with Gasteiger partial charge in [-0.05, 0) is 56.1 Å². The molecule has 2 nitrogen and oxygen atoms in total. The molecule has 0 aliphatic carbocycles. The van der Waals surface area contributed by atoms with Crippen LogP contribution in [-0.4, -0.2) is 31.1 Å². The van der Waals surface area contributed by atoms with Crippen LogP contribution in [0.25, 0.3) is 0 Å². The van der Waals surface area contributed by atoms with Crippen LogP contribution in [0.1, 0.15) is 30.0 Å². The maximum Gasteiger partial charge on any atom is 0.126 e. The zero-order valence-electron chi connectivity index (χ0n) is 10.1. The molecule has 1 N–H and O–H groups in total. The second-order valence-electron chi connectivity index (χ2n) is 5.07. The summed E-state index contributed by atoms with van der Waals surface area (Å²) in [5.74, 6) is -0.0320. The molecule has 0 aromatic heterocycles. The van der Waals surface area contributed by atoms with Gasteiger partial charge in [-0.25, -0.2) is 4.39 Å². The Morgan fingerprint density at radius 1 is 1.29 bits per heavy atom. The van der Waals surface area contributed by atoms with Crippen LogP contribution in [0, 0.1) is 5.82 Å². The number of likely N-dealkylation sites (tertiary alicyclic amines) is 1. The number of nitrogens with one attached hydrogen (secondary N) is 1. The van der Waals surface area contributed by atoms with E-state index in [0.29, 0.717) is 6.04 Å². The van der Waals surface area contributed by atoms with Crippen LogP contribution >= 0.6 is 0 Å². The Balaban J connectivity index is 1.81. The first-order chi connectivity index (χ1) is 8.34. The molecule has 0 saturated carbocycles. The van der Waals surface area contributed by atoms with Crippen molar-refractivity contribution in [2.45, 2.75) is 25.3 Å². The van der Waals surface area contributed by atoms with E-state index in [2.05, 4.69) is 16.3 Å². The topological polar surface area (TPSA) is 15.3 Å². The molecule has 0 spiro atoms. The minimum Gasteiger partial charge on any atom is -0.309 e. The lowest BCUT2D eigenvalue weighted by molar-refractivity contribution is 0.286. The van der Waals surface area contributed by atoms with E-state index in [4.69, 9.17) is 0 Å². The van der Waals surface area contributed by atoms with Crippen LogP contribution in [0.3, 0.4) is 0 Å². The summed E-state index contributed by atoms with van der Waals surface area (Å²) in [4.78, 5) is 2.48. The molecule has 0 amide bonds. The van der Waals surface area contributed by atoms with E-state index < -0.39 is 0 Å². The van der Waals surface area contributed by atoms with Gasteiger partial charge in [0.25, 0.3) is 0 Å². The molecule has 0 radical (unpaired) electrons. The quantitative estimate of drug-likeness (QED) is 0.843. The second kappa shape index (κ2) is 4.75. The fraction of sp³-hybridized carbons (Fsp3) is 0.571. The third-order valence-corrected chi connectivity index (χ3v) is 3.94. The van der Waals surface area contributed by atoms with Crippen molar-refractivity contribution in [2.24, 2.45) is 0 Å². The van der Waals surface area contributed by atoms with Gasteiger partial charge < -0.3 is 10.2 Å². The van der Waals surface area contributed by atoms with Crippen LogP contribution in [0.5, 0.6) is 0 Å². The van der Waals surface area contributed by atoms with E-state index in [1.807, 2.05) is 6.07 Å². The summed E-state index contributed by atoms with van der Waals surface area (Å²) in [6.45, 7) is 4.31. The molecule has 2 aliphatic heterocycles.